The average molecular weight is 332 g/mol. The second kappa shape index (κ2) is 6.29. The Morgan fingerprint density at radius 1 is 1.25 bits per heavy atom. The van der Waals surface area contributed by atoms with Crippen LogP contribution in [0, 0.1) is 0 Å². The third-order valence-corrected chi connectivity index (χ3v) is 5.35. The molecule has 4 heterocycles. The van der Waals surface area contributed by atoms with E-state index >= 15 is 0 Å². The molecule has 0 N–H and O–H groups in total. The van der Waals surface area contributed by atoms with E-state index < -0.39 is 5.60 Å². The van der Waals surface area contributed by atoms with E-state index in [2.05, 4.69) is 21.9 Å². The summed E-state index contributed by atoms with van der Waals surface area (Å²) in [5, 5.41) is 0. The van der Waals surface area contributed by atoms with Crippen LogP contribution in [0.5, 0.6) is 0 Å². The smallest absolute Gasteiger partial charge is 0.416 e. The SMILES string of the molecule is CN1CCC[C@@H](c2cnc(N3CC4(CCOCC4)OC3=O)cn2)C1. The molecular weight excluding hydrogens is 308 g/mol. The summed E-state index contributed by atoms with van der Waals surface area (Å²) in [5.41, 5.74) is 0.598. The fourth-order valence-electron chi connectivity index (χ4n) is 3.89. The number of likely N-dealkylation sites (N-methyl/N-ethyl adjacent to an activating group) is 1. The topological polar surface area (TPSA) is 67.8 Å². The lowest BCUT2D eigenvalue weighted by Crippen LogP contribution is -2.40. The van der Waals surface area contributed by atoms with Crippen molar-refractivity contribution < 1.29 is 14.3 Å². The van der Waals surface area contributed by atoms with Crippen molar-refractivity contribution in [3.8, 4) is 0 Å². The molecule has 3 fully saturated rings. The van der Waals surface area contributed by atoms with E-state index in [0.29, 0.717) is 31.5 Å². The first-order valence-corrected chi connectivity index (χ1v) is 8.74. The van der Waals surface area contributed by atoms with Gasteiger partial charge in [0.1, 0.15) is 5.60 Å². The molecule has 1 spiro atoms. The van der Waals surface area contributed by atoms with Crippen molar-refractivity contribution in [1.29, 1.82) is 0 Å². The zero-order valence-corrected chi connectivity index (χ0v) is 14.1. The summed E-state index contributed by atoms with van der Waals surface area (Å²) in [7, 11) is 2.14. The Morgan fingerprint density at radius 3 is 2.79 bits per heavy atom. The fraction of sp³-hybridized carbons (Fsp3) is 0.706. The molecule has 3 aliphatic heterocycles. The molecule has 1 aromatic heterocycles. The summed E-state index contributed by atoms with van der Waals surface area (Å²) in [4.78, 5) is 25.3. The van der Waals surface area contributed by atoms with Gasteiger partial charge in [-0.1, -0.05) is 0 Å². The van der Waals surface area contributed by atoms with Gasteiger partial charge in [-0.15, -0.1) is 0 Å². The van der Waals surface area contributed by atoms with Crippen LogP contribution in [0.25, 0.3) is 0 Å². The van der Waals surface area contributed by atoms with Gasteiger partial charge in [0.25, 0.3) is 0 Å². The van der Waals surface area contributed by atoms with E-state index in [-0.39, 0.29) is 6.09 Å². The Balaban J connectivity index is 1.47. The maximum Gasteiger partial charge on any atom is 0.416 e. The molecule has 7 nitrogen and oxygen atoms in total. The van der Waals surface area contributed by atoms with Gasteiger partial charge in [0.05, 0.1) is 37.8 Å². The minimum atomic E-state index is -0.415. The molecule has 3 aliphatic rings. The van der Waals surface area contributed by atoms with Crippen LogP contribution < -0.4 is 4.90 Å². The third kappa shape index (κ3) is 2.98. The van der Waals surface area contributed by atoms with Gasteiger partial charge in [-0.2, -0.15) is 0 Å². The van der Waals surface area contributed by atoms with E-state index in [0.717, 1.165) is 38.0 Å². The highest BCUT2D eigenvalue weighted by Gasteiger charge is 2.47. The molecular formula is C17H24N4O3. The number of anilines is 1. The first kappa shape index (κ1) is 15.8. The molecule has 1 atom stereocenters. The number of carbonyl (C=O) groups is 1. The molecule has 130 valence electrons. The fourth-order valence-corrected chi connectivity index (χ4v) is 3.89. The number of rotatable bonds is 2. The number of nitrogens with zero attached hydrogens (tertiary/aromatic N) is 4. The standard InChI is InChI=1S/C17H24N4O3/c1-20-6-2-3-13(11-20)14-9-19-15(10-18-14)21-12-17(24-16(21)22)4-7-23-8-5-17/h9-10,13H,2-8,11-12H2,1H3/t13-/m1/s1. The van der Waals surface area contributed by atoms with E-state index in [1.54, 1.807) is 11.1 Å². The molecule has 0 unspecified atom stereocenters. The van der Waals surface area contributed by atoms with Gasteiger partial charge in [0.15, 0.2) is 5.82 Å². The highest BCUT2D eigenvalue weighted by Crippen LogP contribution is 2.34. The van der Waals surface area contributed by atoms with Crippen molar-refractivity contribution in [2.75, 3.05) is 44.8 Å². The summed E-state index contributed by atoms with van der Waals surface area (Å²) < 4.78 is 11.0. The third-order valence-electron chi connectivity index (χ3n) is 5.35. The lowest BCUT2D eigenvalue weighted by atomic mass is 9.94. The monoisotopic (exact) mass is 332 g/mol. The molecule has 0 bridgehead atoms. The maximum absolute atomic E-state index is 12.3. The maximum atomic E-state index is 12.3. The predicted octanol–water partition coefficient (Wildman–Crippen LogP) is 1.79. The van der Waals surface area contributed by atoms with Crippen molar-refractivity contribution in [3.05, 3.63) is 18.1 Å². The number of ether oxygens (including phenoxy) is 2. The number of piperidine rings is 1. The quantitative estimate of drug-likeness (QED) is 0.822. The number of likely N-dealkylation sites (tertiary alicyclic amines) is 1. The van der Waals surface area contributed by atoms with E-state index in [9.17, 15) is 4.79 Å². The van der Waals surface area contributed by atoms with Crippen molar-refractivity contribution >= 4 is 11.9 Å². The first-order valence-electron chi connectivity index (χ1n) is 8.74. The van der Waals surface area contributed by atoms with Gasteiger partial charge < -0.3 is 14.4 Å². The molecule has 7 heteroatoms. The largest absolute Gasteiger partial charge is 0.440 e. The Hall–Kier alpha value is -1.73. The molecule has 24 heavy (non-hydrogen) atoms. The second-order valence-electron chi connectivity index (χ2n) is 7.15. The highest BCUT2D eigenvalue weighted by molar-refractivity contribution is 5.89. The molecule has 4 rings (SSSR count). The summed E-state index contributed by atoms with van der Waals surface area (Å²) in [5.74, 6) is 1.01. The second-order valence-corrected chi connectivity index (χ2v) is 7.15. The van der Waals surface area contributed by atoms with Crippen LogP contribution in [0.3, 0.4) is 0 Å². The minimum absolute atomic E-state index is 0.323. The molecule has 0 radical (unpaired) electrons. The molecule has 0 aliphatic carbocycles. The number of hydrogen-bond acceptors (Lipinski definition) is 6. The lowest BCUT2D eigenvalue weighted by molar-refractivity contribution is -0.0431. The van der Waals surface area contributed by atoms with Crippen LogP contribution in [0.4, 0.5) is 10.6 Å². The van der Waals surface area contributed by atoms with Gasteiger partial charge in [-0.25, -0.2) is 9.78 Å². The molecule has 1 amide bonds. The normalized spacial score (nSPS) is 27.5. The first-order chi connectivity index (χ1) is 11.7. The number of amides is 1. The molecule has 0 saturated carbocycles. The predicted molar refractivity (Wildman–Crippen MR) is 88.1 cm³/mol. The summed E-state index contributed by atoms with van der Waals surface area (Å²) in [6, 6.07) is 0. The molecule has 1 aromatic rings. The van der Waals surface area contributed by atoms with E-state index in [1.807, 2.05) is 6.20 Å². The van der Waals surface area contributed by atoms with Gasteiger partial charge in [-0.05, 0) is 26.4 Å². The van der Waals surface area contributed by atoms with Crippen LogP contribution in [-0.4, -0.2) is 66.5 Å². The number of carbonyl (C=O) groups excluding carboxylic acids is 1. The number of aromatic nitrogens is 2. The minimum Gasteiger partial charge on any atom is -0.440 e. The highest BCUT2D eigenvalue weighted by atomic mass is 16.6. The van der Waals surface area contributed by atoms with Crippen LogP contribution >= 0.6 is 0 Å². The van der Waals surface area contributed by atoms with Gasteiger partial charge in [0, 0.05) is 25.3 Å². The Bertz CT molecular complexity index is 600. The Labute approximate surface area is 142 Å². The summed E-state index contributed by atoms with van der Waals surface area (Å²) in [6.07, 6.45) is 7.03. The summed E-state index contributed by atoms with van der Waals surface area (Å²) >= 11 is 0. The number of hydrogen-bond donors (Lipinski definition) is 0. The van der Waals surface area contributed by atoms with Gasteiger partial charge >= 0.3 is 6.09 Å². The van der Waals surface area contributed by atoms with E-state index in [1.165, 1.54) is 6.42 Å². The zero-order chi connectivity index (χ0) is 16.6. The van der Waals surface area contributed by atoms with Crippen LogP contribution in [0.1, 0.15) is 37.3 Å². The molecule has 3 saturated heterocycles. The van der Waals surface area contributed by atoms with Crippen molar-refractivity contribution in [1.82, 2.24) is 14.9 Å². The van der Waals surface area contributed by atoms with Crippen LogP contribution in [0.2, 0.25) is 0 Å². The molecule has 0 aromatic carbocycles. The Morgan fingerprint density at radius 2 is 2.08 bits per heavy atom. The van der Waals surface area contributed by atoms with Crippen molar-refractivity contribution in [2.45, 2.75) is 37.2 Å². The lowest BCUT2D eigenvalue weighted by Gasteiger charge is -2.30. The van der Waals surface area contributed by atoms with Gasteiger partial charge in [0.2, 0.25) is 0 Å². The van der Waals surface area contributed by atoms with Crippen molar-refractivity contribution in [2.24, 2.45) is 0 Å². The van der Waals surface area contributed by atoms with Crippen LogP contribution in [-0.2, 0) is 9.47 Å². The Kier molecular flexibility index (Phi) is 4.14. The van der Waals surface area contributed by atoms with Crippen LogP contribution in [0.15, 0.2) is 12.4 Å². The van der Waals surface area contributed by atoms with E-state index in [4.69, 9.17) is 9.47 Å². The zero-order valence-electron chi connectivity index (χ0n) is 14.1. The average Bonchev–Trinajstić information content (AvgIpc) is 2.91. The summed E-state index contributed by atoms with van der Waals surface area (Å²) in [6.45, 7) is 3.98. The van der Waals surface area contributed by atoms with Crippen molar-refractivity contribution in [3.63, 3.8) is 0 Å². The van der Waals surface area contributed by atoms with Gasteiger partial charge in [-0.3, -0.25) is 9.88 Å².